The standard InChI is InChI=1S/C19H20N4O4S/c1-11-10-22-18(17(21-19(22)28-11)13-6-4-5-7-20-13)12-8-14(23(24)25)16(27-3)9-15(12)26-2/h4-9,11,17-18H,10H2,1-3H3/t11-,17-,18-/m0/s1. The molecule has 3 atom stereocenters. The molecule has 0 spiro atoms. The van der Waals surface area contributed by atoms with Crippen LogP contribution in [0, 0.1) is 10.1 Å². The van der Waals surface area contributed by atoms with Gasteiger partial charge in [-0.05, 0) is 12.1 Å². The van der Waals surface area contributed by atoms with Crippen LogP contribution in [0.5, 0.6) is 11.5 Å². The molecule has 3 heterocycles. The van der Waals surface area contributed by atoms with Crippen molar-refractivity contribution in [3.8, 4) is 11.5 Å². The monoisotopic (exact) mass is 400 g/mol. The molecule has 1 aromatic carbocycles. The van der Waals surface area contributed by atoms with Crippen LogP contribution in [-0.4, -0.2) is 46.0 Å². The van der Waals surface area contributed by atoms with Crippen LogP contribution in [0.1, 0.15) is 30.3 Å². The van der Waals surface area contributed by atoms with E-state index in [-0.39, 0.29) is 23.5 Å². The van der Waals surface area contributed by atoms with Crippen molar-refractivity contribution >= 4 is 22.6 Å². The number of hydrogen-bond acceptors (Lipinski definition) is 8. The Hall–Kier alpha value is -2.81. The minimum absolute atomic E-state index is 0.0913. The molecular formula is C19H20N4O4S. The molecule has 2 aliphatic heterocycles. The fourth-order valence-corrected chi connectivity index (χ4v) is 4.83. The lowest BCUT2D eigenvalue weighted by Crippen LogP contribution is -2.29. The first-order chi connectivity index (χ1) is 13.5. The third-order valence-electron chi connectivity index (χ3n) is 4.93. The molecule has 0 saturated carbocycles. The molecule has 2 aliphatic rings. The van der Waals surface area contributed by atoms with Gasteiger partial charge in [-0.25, -0.2) is 0 Å². The summed E-state index contributed by atoms with van der Waals surface area (Å²) in [5, 5.41) is 12.9. The van der Waals surface area contributed by atoms with Gasteiger partial charge in [-0.1, -0.05) is 24.8 Å². The maximum atomic E-state index is 11.6. The van der Waals surface area contributed by atoms with Crippen molar-refractivity contribution in [2.45, 2.75) is 24.3 Å². The van der Waals surface area contributed by atoms with Crippen LogP contribution in [0.2, 0.25) is 0 Å². The number of amidine groups is 1. The number of methoxy groups -OCH3 is 2. The number of benzene rings is 1. The number of hydrogen-bond donors (Lipinski definition) is 0. The Kier molecular flexibility index (Phi) is 4.84. The van der Waals surface area contributed by atoms with Crippen molar-refractivity contribution in [1.29, 1.82) is 0 Å². The van der Waals surface area contributed by atoms with Crippen LogP contribution in [0.4, 0.5) is 5.69 Å². The van der Waals surface area contributed by atoms with Gasteiger partial charge in [-0.3, -0.25) is 20.1 Å². The van der Waals surface area contributed by atoms with Crippen LogP contribution in [0.25, 0.3) is 0 Å². The van der Waals surface area contributed by atoms with Gasteiger partial charge >= 0.3 is 5.69 Å². The molecule has 1 fully saturated rings. The molecule has 0 unspecified atom stereocenters. The lowest BCUT2D eigenvalue weighted by atomic mass is 9.94. The summed E-state index contributed by atoms with van der Waals surface area (Å²) in [7, 11) is 2.96. The van der Waals surface area contributed by atoms with Gasteiger partial charge in [-0.2, -0.15) is 0 Å². The number of nitrogens with zero attached hydrogens (tertiary/aromatic N) is 4. The Morgan fingerprint density at radius 2 is 2.04 bits per heavy atom. The SMILES string of the molecule is COc1cc(OC)c([N+](=O)[O-])cc1[C@H]1[C@H](c2ccccn2)N=C2S[C@@H](C)CN21. The summed E-state index contributed by atoms with van der Waals surface area (Å²) < 4.78 is 10.8. The van der Waals surface area contributed by atoms with E-state index in [4.69, 9.17) is 14.5 Å². The summed E-state index contributed by atoms with van der Waals surface area (Å²) in [6, 6.07) is 8.34. The Morgan fingerprint density at radius 1 is 1.25 bits per heavy atom. The second-order valence-corrected chi connectivity index (χ2v) is 8.07. The summed E-state index contributed by atoms with van der Waals surface area (Å²) in [6.07, 6.45) is 1.74. The number of nitro benzene ring substituents is 1. The lowest BCUT2D eigenvalue weighted by molar-refractivity contribution is -0.385. The van der Waals surface area contributed by atoms with E-state index in [0.717, 1.165) is 17.4 Å². The van der Waals surface area contributed by atoms with Gasteiger partial charge in [0, 0.05) is 35.7 Å². The van der Waals surface area contributed by atoms with E-state index in [1.807, 2.05) is 18.2 Å². The van der Waals surface area contributed by atoms with Crippen molar-refractivity contribution in [3.63, 3.8) is 0 Å². The maximum Gasteiger partial charge on any atom is 0.311 e. The van der Waals surface area contributed by atoms with Gasteiger partial charge < -0.3 is 14.4 Å². The number of pyridine rings is 1. The van der Waals surface area contributed by atoms with E-state index >= 15 is 0 Å². The van der Waals surface area contributed by atoms with E-state index in [2.05, 4.69) is 16.8 Å². The summed E-state index contributed by atoms with van der Waals surface area (Å²) in [6.45, 7) is 2.95. The van der Waals surface area contributed by atoms with Crippen LogP contribution in [0.15, 0.2) is 41.5 Å². The molecule has 8 nitrogen and oxygen atoms in total. The van der Waals surface area contributed by atoms with Crippen molar-refractivity contribution in [1.82, 2.24) is 9.88 Å². The van der Waals surface area contributed by atoms with Crippen LogP contribution in [-0.2, 0) is 0 Å². The Morgan fingerprint density at radius 3 is 2.68 bits per heavy atom. The largest absolute Gasteiger partial charge is 0.496 e. The smallest absolute Gasteiger partial charge is 0.311 e. The Labute approximate surface area is 166 Å². The van der Waals surface area contributed by atoms with Gasteiger partial charge in [0.2, 0.25) is 5.75 Å². The molecular weight excluding hydrogens is 380 g/mol. The highest BCUT2D eigenvalue weighted by Gasteiger charge is 2.45. The molecule has 1 aromatic heterocycles. The Balaban J connectivity index is 1.87. The van der Waals surface area contributed by atoms with Crippen molar-refractivity contribution < 1.29 is 14.4 Å². The lowest BCUT2D eigenvalue weighted by Gasteiger charge is -2.28. The first kappa shape index (κ1) is 18.5. The van der Waals surface area contributed by atoms with E-state index in [1.165, 1.54) is 7.11 Å². The normalized spacial score (nSPS) is 23.3. The molecule has 28 heavy (non-hydrogen) atoms. The van der Waals surface area contributed by atoms with Crippen molar-refractivity contribution in [2.24, 2.45) is 4.99 Å². The van der Waals surface area contributed by atoms with Gasteiger partial charge in [-0.15, -0.1) is 0 Å². The number of rotatable bonds is 5. The summed E-state index contributed by atoms with van der Waals surface area (Å²) >= 11 is 1.71. The summed E-state index contributed by atoms with van der Waals surface area (Å²) in [5.41, 5.74) is 1.44. The molecule has 0 N–H and O–H groups in total. The predicted molar refractivity (Wildman–Crippen MR) is 107 cm³/mol. The predicted octanol–water partition coefficient (Wildman–Crippen LogP) is 3.60. The second kappa shape index (κ2) is 7.31. The zero-order valence-electron chi connectivity index (χ0n) is 15.7. The van der Waals surface area contributed by atoms with Crippen molar-refractivity contribution in [3.05, 3.63) is 57.9 Å². The van der Waals surface area contributed by atoms with Gasteiger partial charge in [0.25, 0.3) is 0 Å². The van der Waals surface area contributed by atoms with Crippen molar-refractivity contribution in [2.75, 3.05) is 20.8 Å². The van der Waals surface area contributed by atoms with Gasteiger partial charge in [0.05, 0.1) is 30.9 Å². The minimum Gasteiger partial charge on any atom is -0.496 e. The van der Waals surface area contributed by atoms with E-state index in [1.54, 1.807) is 37.2 Å². The zero-order valence-corrected chi connectivity index (χ0v) is 16.5. The number of fused-ring (bicyclic) bond motifs is 1. The highest BCUT2D eigenvalue weighted by Crippen LogP contribution is 2.51. The highest BCUT2D eigenvalue weighted by molar-refractivity contribution is 8.14. The average molecular weight is 400 g/mol. The van der Waals surface area contributed by atoms with Gasteiger partial charge in [0.1, 0.15) is 11.8 Å². The highest BCUT2D eigenvalue weighted by atomic mass is 32.2. The quantitative estimate of drug-likeness (QED) is 0.559. The van der Waals surface area contributed by atoms with Crippen LogP contribution < -0.4 is 9.47 Å². The van der Waals surface area contributed by atoms with E-state index < -0.39 is 4.92 Å². The number of nitro groups is 1. The third-order valence-corrected chi connectivity index (χ3v) is 6.03. The summed E-state index contributed by atoms with van der Waals surface area (Å²) in [4.78, 5) is 22.8. The molecule has 146 valence electrons. The summed E-state index contributed by atoms with van der Waals surface area (Å²) in [5.74, 6) is 0.706. The third kappa shape index (κ3) is 3.05. The first-order valence-electron chi connectivity index (χ1n) is 8.85. The minimum atomic E-state index is -0.435. The van der Waals surface area contributed by atoms with E-state index in [9.17, 15) is 10.1 Å². The van der Waals surface area contributed by atoms with Crippen LogP contribution >= 0.6 is 11.8 Å². The average Bonchev–Trinajstić information content (AvgIpc) is 3.23. The maximum absolute atomic E-state index is 11.6. The number of thioether (sulfide) groups is 1. The fourth-order valence-electron chi connectivity index (χ4n) is 3.73. The molecule has 4 rings (SSSR count). The molecule has 1 saturated heterocycles. The molecule has 9 heteroatoms. The molecule has 0 amide bonds. The topological polar surface area (TPSA) is 90.1 Å². The fraction of sp³-hybridized carbons (Fsp3) is 0.368. The number of aliphatic imine (C=N–C) groups is 1. The van der Waals surface area contributed by atoms with Crippen LogP contribution in [0.3, 0.4) is 0 Å². The Bertz CT molecular complexity index is 937. The zero-order chi connectivity index (χ0) is 19.8. The molecule has 2 aromatic rings. The molecule has 0 radical (unpaired) electrons. The van der Waals surface area contributed by atoms with E-state index in [0.29, 0.717) is 16.6 Å². The molecule has 0 bridgehead atoms. The number of aromatic nitrogens is 1. The second-order valence-electron chi connectivity index (χ2n) is 6.66. The molecule has 0 aliphatic carbocycles. The first-order valence-corrected chi connectivity index (χ1v) is 9.73. The van der Waals surface area contributed by atoms with Gasteiger partial charge in [0.15, 0.2) is 5.17 Å². The number of ether oxygens (including phenoxy) is 2.